The maximum absolute atomic E-state index is 11.1. The molecule has 1 aromatic carbocycles. The summed E-state index contributed by atoms with van der Waals surface area (Å²) >= 11 is 0. The van der Waals surface area contributed by atoms with Gasteiger partial charge in [-0.15, -0.1) is 15.3 Å². The highest BCUT2D eigenvalue weighted by atomic mass is 16.6. The van der Waals surface area contributed by atoms with Gasteiger partial charge < -0.3 is 4.74 Å². The molecule has 5 rings (SSSR count). The number of nitro groups is 1. The van der Waals surface area contributed by atoms with E-state index in [0.29, 0.717) is 23.2 Å². The number of aromatic nitrogens is 6. The third-order valence-corrected chi connectivity index (χ3v) is 5.05. The van der Waals surface area contributed by atoms with E-state index in [1.165, 1.54) is 12.1 Å². The van der Waals surface area contributed by atoms with Gasteiger partial charge in [-0.25, -0.2) is 0 Å². The first-order valence-electron chi connectivity index (χ1n) is 8.65. The van der Waals surface area contributed by atoms with E-state index >= 15 is 0 Å². The predicted molar refractivity (Wildman–Crippen MR) is 97.7 cm³/mol. The van der Waals surface area contributed by atoms with Gasteiger partial charge in [0.2, 0.25) is 11.8 Å². The Morgan fingerprint density at radius 3 is 2.54 bits per heavy atom. The van der Waals surface area contributed by atoms with Crippen molar-refractivity contribution in [3.8, 4) is 11.8 Å². The lowest BCUT2D eigenvalue weighted by molar-refractivity contribution is -0.384. The summed E-state index contributed by atoms with van der Waals surface area (Å²) in [6.07, 6.45) is 0. The summed E-state index contributed by atoms with van der Waals surface area (Å²) in [7, 11) is 0. The molecular formula is C18H15N7O3. The molecule has 10 heteroatoms. The number of nitrogens with zero attached hydrogens (tertiary/aromatic N) is 6. The van der Waals surface area contributed by atoms with Crippen molar-refractivity contribution in [3.63, 3.8) is 0 Å². The van der Waals surface area contributed by atoms with Gasteiger partial charge in [-0.1, -0.05) is 12.1 Å². The number of ether oxygens (including phenoxy) is 1. The molecule has 1 atom stereocenters. The molecule has 4 heterocycles. The summed E-state index contributed by atoms with van der Waals surface area (Å²) < 4.78 is 7.84. The number of hydrogen-bond donors (Lipinski definition) is 1. The van der Waals surface area contributed by atoms with Gasteiger partial charge in [0.25, 0.3) is 5.69 Å². The summed E-state index contributed by atoms with van der Waals surface area (Å²) in [5, 5.41) is 26.8. The number of hydrogen-bond acceptors (Lipinski definition) is 7. The molecule has 1 aliphatic rings. The fourth-order valence-electron chi connectivity index (χ4n) is 3.80. The number of nitrogens with one attached hydrogen (secondary N) is 1. The highest BCUT2D eigenvalue weighted by Crippen LogP contribution is 2.48. The third kappa shape index (κ3) is 2.14. The van der Waals surface area contributed by atoms with Crippen molar-refractivity contribution >= 4 is 11.3 Å². The lowest BCUT2D eigenvalue weighted by atomic mass is 9.84. The minimum absolute atomic E-state index is 0.0330. The highest BCUT2D eigenvalue weighted by molar-refractivity contribution is 5.66. The van der Waals surface area contributed by atoms with Crippen molar-refractivity contribution in [1.82, 2.24) is 29.8 Å². The molecule has 140 valence electrons. The van der Waals surface area contributed by atoms with E-state index in [0.717, 1.165) is 28.2 Å². The number of benzene rings is 1. The van der Waals surface area contributed by atoms with Crippen LogP contribution in [0.3, 0.4) is 0 Å². The molecule has 1 aliphatic heterocycles. The van der Waals surface area contributed by atoms with E-state index in [1.807, 2.05) is 25.2 Å². The largest absolute Gasteiger partial charge is 0.418 e. The highest BCUT2D eigenvalue weighted by Gasteiger charge is 2.37. The van der Waals surface area contributed by atoms with Gasteiger partial charge in [0, 0.05) is 23.4 Å². The molecule has 0 spiro atoms. The Bertz CT molecular complexity index is 1260. The van der Waals surface area contributed by atoms with Gasteiger partial charge in [-0.2, -0.15) is 4.98 Å². The quantitative estimate of drug-likeness (QED) is 0.370. The third-order valence-electron chi connectivity index (χ3n) is 5.05. The van der Waals surface area contributed by atoms with Gasteiger partial charge in [0.15, 0.2) is 5.65 Å². The van der Waals surface area contributed by atoms with Crippen molar-refractivity contribution in [2.75, 3.05) is 0 Å². The molecule has 1 N–H and O–H groups in total. The van der Waals surface area contributed by atoms with Crippen LogP contribution in [0.4, 0.5) is 5.69 Å². The van der Waals surface area contributed by atoms with Gasteiger partial charge in [0.1, 0.15) is 11.6 Å². The molecule has 0 saturated heterocycles. The smallest absolute Gasteiger partial charge is 0.269 e. The second-order valence-corrected chi connectivity index (χ2v) is 6.74. The zero-order valence-electron chi connectivity index (χ0n) is 15.3. The summed E-state index contributed by atoms with van der Waals surface area (Å²) in [6.45, 7) is 5.63. The molecule has 0 bridgehead atoms. The fourth-order valence-corrected chi connectivity index (χ4v) is 3.80. The number of rotatable bonds is 2. The number of non-ortho nitro benzene ring substituents is 1. The zero-order chi connectivity index (χ0) is 19.6. The van der Waals surface area contributed by atoms with Gasteiger partial charge >= 0.3 is 0 Å². The molecule has 1 unspecified atom stereocenters. The van der Waals surface area contributed by atoms with Crippen LogP contribution in [0.1, 0.15) is 40.0 Å². The molecule has 28 heavy (non-hydrogen) atoms. The minimum atomic E-state index is -0.415. The van der Waals surface area contributed by atoms with E-state index in [-0.39, 0.29) is 11.6 Å². The van der Waals surface area contributed by atoms with E-state index in [4.69, 9.17) is 4.74 Å². The Morgan fingerprint density at radius 1 is 1.07 bits per heavy atom. The van der Waals surface area contributed by atoms with Crippen LogP contribution in [0.5, 0.6) is 11.8 Å². The summed E-state index contributed by atoms with van der Waals surface area (Å²) in [5.74, 6) is 1.99. The Kier molecular flexibility index (Phi) is 3.26. The van der Waals surface area contributed by atoms with Crippen LogP contribution in [-0.2, 0) is 0 Å². The predicted octanol–water partition coefficient (Wildman–Crippen LogP) is 2.97. The van der Waals surface area contributed by atoms with Crippen molar-refractivity contribution in [2.24, 2.45) is 0 Å². The second-order valence-electron chi connectivity index (χ2n) is 6.74. The van der Waals surface area contributed by atoms with Crippen LogP contribution < -0.4 is 4.74 Å². The average Bonchev–Trinajstić information content (AvgIpc) is 3.24. The van der Waals surface area contributed by atoms with Crippen molar-refractivity contribution in [2.45, 2.75) is 26.7 Å². The van der Waals surface area contributed by atoms with Crippen LogP contribution in [0.25, 0.3) is 5.65 Å². The molecule has 3 aromatic heterocycles. The Morgan fingerprint density at radius 2 is 1.82 bits per heavy atom. The summed E-state index contributed by atoms with van der Waals surface area (Å²) in [4.78, 5) is 15.2. The first-order valence-corrected chi connectivity index (χ1v) is 8.65. The Balaban J connectivity index is 1.82. The summed E-state index contributed by atoms with van der Waals surface area (Å²) in [5.41, 5.74) is 4.00. The van der Waals surface area contributed by atoms with Crippen LogP contribution in [0.2, 0.25) is 0 Å². The molecule has 0 radical (unpaired) electrons. The number of fused-ring (bicyclic) bond motifs is 4. The lowest BCUT2D eigenvalue weighted by Crippen LogP contribution is -2.16. The monoisotopic (exact) mass is 377 g/mol. The molecular weight excluding hydrogens is 362 g/mol. The van der Waals surface area contributed by atoms with E-state index in [1.54, 1.807) is 12.1 Å². The molecule has 10 nitrogen and oxygen atoms in total. The Hall–Kier alpha value is -3.82. The standard InChI is InChI=1S/C18H15N7O3/c1-8-13-14(11-4-6-12(7-5-11)25(26)27)15-16-22-21-10(3)24(16)9(2)19-17(15)28-18(13)23-20-8/h4-7,14H,1-3H3,(H,20,23). The van der Waals surface area contributed by atoms with Gasteiger partial charge in [-0.05, 0) is 26.3 Å². The van der Waals surface area contributed by atoms with Crippen molar-refractivity contribution < 1.29 is 9.66 Å². The molecule has 0 fully saturated rings. The first kappa shape index (κ1) is 16.4. The van der Waals surface area contributed by atoms with Crippen molar-refractivity contribution in [1.29, 1.82) is 0 Å². The van der Waals surface area contributed by atoms with Crippen molar-refractivity contribution in [3.05, 3.63) is 68.4 Å². The Labute approximate surface area is 158 Å². The molecule has 0 saturated carbocycles. The van der Waals surface area contributed by atoms with Crippen LogP contribution in [-0.4, -0.2) is 34.7 Å². The average molecular weight is 377 g/mol. The van der Waals surface area contributed by atoms with E-state index in [9.17, 15) is 10.1 Å². The lowest BCUT2D eigenvalue weighted by Gasteiger charge is -2.26. The van der Waals surface area contributed by atoms with Gasteiger partial charge in [0.05, 0.1) is 16.4 Å². The maximum atomic E-state index is 11.1. The molecule has 0 aliphatic carbocycles. The van der Waals surface area contributed by atoms with Gasteiger partial charge in [-0.3, -0.25) is 19.6 Å². The second kappa shape index (κ2) is 5.59. The SMILES string of the molecule is Cc1[nH]nc2c1C(c1ccc([N+](=O)[O-])cc1)c1c(nc(C)n3c(C)nnc13)O2. The number of aryl methyl sites for hydroxylation is 3. The maximum Gasteiger partial charge on any atom is 0.269 e. The number of aromatic amines is 1. The first-order chi connectivity index (χ1) is 13.5. The van der Waals surface area contributed by atoms with E-state index < -0.39 is 4.92 Å². The van der Waals surface area contributed by atoms with Crippen LogP contribution >= 0.6 is 0 Å². The van der Waals surface area contributed by atoms with Crippen LogP contribution in [0.15, 0.2) is 24.3 Å². The zero-order valence-corrected chi connectivity index (χ0v) is 15.3. The number of nitro benzene ring substituents is 1. The fraction of sp³-hybridized carbons (Fsp3) is 0.222. The molecule has 4 aromatic rings. The topological polar surface area (TPSA) is 124 Å². The van der Waals surface area contributed by atoms with E-state index in [2.05, 4.69) is 25.4 Å². The summed E-state index contributed by atoms with van der Waals surface area (Å²) in [6, 6.07) is 6.47. The molecule has 0 amide bonds. The minimum Gasteiger partial charge on any atom is -0.418 e. The van der Waals surface area contributed by atoms with Crippen LogP contribution in [0, 0.1) is 30.9 Å². The number of H-pyrrole nitrogens is 1. The normalized spacial score (nSPS) is 15.2.